The monoisotopic (exact) mass is 484 g/mol. The standard InChI is InChI=1S/C25H40O9/c1-15-5-6-16-9-18(27)11-21(34-24(31)25(2,13-32-3)14-33-4)23(16)20(15)8-7-17(26)10-19(28)12-22(29)30/h5-6,9,15,17-21,23,26-28H,7-8,10-14H2,1-4H3,(H,29,30)/t15-,17+,18+,19+,20-,21-,23-/m0/s1. The third-order valence-electron chi connectivity index (χ3n) is 6.84. The molecule has 4 N–H and O–H groups in total. The van der Waals surface area contributed by atoms with Crippen LogP contribution in [0.5, 0.6) is 0 Å². The molecule has 0 aromatic heterocycles. The third kappa shape index (κ3) is 7.61. The number of aliphatic hydroxyl groups is 3. The second kappa shape index (κ2) is 12.8. The number of allylic oxidation sites excluding steroid dienone is 2. The highest BCUT2D eigenvalue weighted by molar-refractivity contribution is 5.77. The summed E-state index contributed by atoms with van der Waals surface area (Å²) in [7, 11) is 3.02. The fraction of sp³-hybridized carbons (Fsp3) is 0.760. The van der Waals surface area contributed by atoms with Gasteiger partial charge in [0.15, 0.2) is 0 Å². The molecular formula is C25H40O9. The lowest BCUT2D eigenvalue weighted by atomic mass is 9.66. The highest BCUT2D eigenvalue weighted by atomic mass is 16.6. The molecule has 2 aliphatic carbocycles. The van der Waals surface area contributed by atoms with Crippen LogP contribution in [0.25, 0.3) is 0 Å². The van der Waals surface area contributed by atoms with Crippen molar-refractivity contribution in [1.82, 2.24) is 0 Å². The number of aliphatic carboxylic acids is 1. The van der Waals surface area contributed by atoms with Crippen LogP contribution in [-0.2, 0) is 23.8 Å². The smallest absolute Gasteiger partial charge is 0.316 e. The molecular weight excluding hydrogens is 444 g/mol. The van der Waals surface area contributed by atoms with E-state index in [0.29, 0.717) is 12.8 Å². The van der Waals surface area contributed by atoms with Crippen molar-refractivity contribution in [3.05, 3.63) is 23.8 Å². The van der Waals surface area contributed by atoms with Crippen molar-refractivity contribution in [1.29, 1.82) is 0 Å². The molecule has 0 aromatic rings. The predicted molar refractivity (Wildman–Crippen MR) is 124 cm³/mol. The van der Waals surface area contributed by atoms with Gasteiger partial charge in [0, 0.05) is 26.6 Å². The van der Waals surface area contributed by atoms with Gasteiger partial charge in [-0.05, 0) is 43.6 Å². The molecule has 0 fully saturated rings. The number of carboxylic acids is 1. The molecule has 0 aliphatic heterocycles. The van der Waals surface area contributed by atoms with Gasteiger partial charge in [0.1, 0.15) is 11.5 Å². The number of carbonyl (C=O) groups excluding carboxylic acids is 1. The predicted octanol–water partition coefficient (Wildman–Crippen LogP) is 1.69. The minimum absolute atomic E-state index is 0.0138. The lowest BCUT2D eigenvalue weighted by Crippen LogP contribution is -2.46. The van der Waals surface area contributed by atoms with E-state index in [1.807, 2.05) is 6.08 Å². The first-order valence-corrected chi connectivity index (χ1v) is 11.9. The summed E-state index contributed by atoms with van der Waals surface area (Å²) in [6, 6.07) is 0. The summed E-state index contributed by atoms with van der Waals surface area (Å²) < 4.78 is 16.4. The summed E-state index contributed by atoms with van der Waals surface area (Å²) in [5.41, 5.74) is -0.0852. The zero-order valence-corrected chi connectivity index (χ0v) is 20.6. The average Bonchev–Trinajstić information content (AvgIpc) is 2.72. The van der Waals surface area contributed by atoms with E-state index in [1.165, 1.54) is 14.2 Å². The maximum Gasteiger partial charge on any atom is 0.316 e. The number of methoxy groups -OCH3 is 2. The van der Waals surface area contributed by atoms with Gasteiger partial charge in [-0.15, -0.1) is 0 Å². The van der Waals surface area contributed by atoms with Crippen molar-refractivity contribution in [2.24, 2.45) is 23.2 Å². The second-order valence-electron chi connectivity index (χ2n) is 9.97. The minimum Gasteiger partial charge on any atom is -0.481 e. The number of esters is 1. The normalized spacial score (nSPS) is 28.6. The Bertz CT molecular complexity index is 741. The summed E-state index contributed by atoms with van der Waals surface area (Å²) in [6.07, 6.45) is 3.37. The van der Waals surface area contributed by atoms with Crippen molar-refractivity contribution < 1.29 is 44.2 Å². The van der Waals surface area contributed by atoms with Crippen LogP contribution in [0.1, 0.15) is 46.0 Å². The van der Waals surface area contributed by atoms with E-state index >= 15 is 0 Å². The summed E-state index contributed by atoms with van der Waals surface area (Å²) in [5.74, 6) is -1.55. The Morgan fingerprint density at radius 1 is 1.18 bits per heavy atom. The molecule has 0 heterocycles. The van der Waals surface area contributed by atoms with Gasteiger partial charge in [-0.2, -0.15) is 0 Å². The first-order chi connectivity index (χ1) is 16.0. The van der Waals surface area contributed by atoms with Gasteiger partial charge >= 0.3 is 11.9 Å². The van der Waals surface area contributed by atoms with Crippen molar-refractivity contribution in [3.63, 3.8) is 0 Å². The SMILES string of the molecule is COCC(C)(COC)C(=O)O[C@H]1C[C@H](O)C=C2C=C[C@H](C)[C@H](CC[C@@H](O)C[C@@H](O)CC(=O)O)[C@H]21. The second-order valence-corrected chi connectivity index (χ2v) is 9.97. The van der Waals surface area contributed by atoms with E-state index in [0.717, 1.165) is 5.57 Å². The summed E-state index contributed by atoms with van der Waals surface area (Å²) in [4.78, 5) is 23.9. The molecule has 2 aliphatic rings. The van der Waals surface area contributed by atoms with E-state index in [-0.39, 0.29) is 43.8 Å². The Hall–Kier alpha value is -1.78. The number of aliphatic hydroxyl groups excluding tert-OH is 3. The van der Waals surface area contributed by atoms with E-state index < -0.39 is 48.2 Å². The first kappa shape index (κ1) is 28.5. The number of hydrogen-bond acceptors (Lipinski definition) is 8. The largest absolute Gasteiger partial charge is 0.481 e. The molecule has 194 valence electrons. The Morgan fingerprint density at radius 3 is 2.41 bits per heavy atom. The molecule has 9 heteroatoms. The lowest BCUT2D eigenvalue weighted by molar-refractivity contribution is -0.173. The topological polar surface area (TPSA) is 143 Å². The molecule has 0 spiro atoms. The fourth-order valence-electron chi connectivity index (χ4n) is 5.16. The van der Waals surface area contributed by atoms with Crippen LogP contribution in [0.3, 0.4) is 0 Å². The van der Waals surface area contributed by atoms with Gasteiger partial charge in [-0.1, -0.05) is 25.2 Å². The lowest BCUT2D eigenvalue weighted by Gasteiger charge is -2.43. The van der Waals surface area contributed by atoms with Crippen molar-refractivity contribution in [2.75, 3.05) is 27.4 Å². The molecule has 2 rings (SSSR count). The average molecular weight is 485 g/mol. The zero-order chi connectivity index (χ0) is 25.5. The summed E-state index contributed by atoms with van der Waals surface area (Å²) in [5, 5.41) is 39.4. The maximum absolute atomic E-state index is 13.1. The molecule has 0 amide bonds. The number of rotatable bonds is 13. The minimum atomic E-state index is -1.11. The van der Waals surface area contributed by atoms with Gasteiger partial charge < -0.3 is 34.6 Å². The van der Waals surface area contributed by atoms with Crippen LogP contribution in [0, 0.1) is 23.2 Å². The van der Waals surface area contributed by atoms with Gasteiger partial charge in [0.05, 0.1) is 37.9 Å². The highest BCUT2D eigenvalue weighted by Crippen LogP contribution is 2.44. The molecule has 0 unspecified atom stereocenters. The molecule has 0 saturated heterocycles. The molecule has 0 bridgehead atoms. The Morgan fingerprint density at radius 2 is 1.82 bits per heavy atom. The van der Waals surface area contributed by atoms with Crippen LogP contribution >= 0.6 is 0 Å². The van der Waals surface area contributed by atoms with Crippen LogP contribution in [0.2, 0.25) is 0 Å². The van der Waals surface area contributed by atoms with Crippen molar-refractivity contribution in [3.8, 4) is 0 Å². The van der Waals surface area contributed by atoms with Crippen molar-refractivity contribution in [2.45, 2.75) is 70.4 Å². The van der Waals surface area contributed by atoms with Crippen LogP contribution in [0.15, 0.2) is 23.8 Å². The summed E-state index contributed by atoms with van der Waals surface area (Å²) >= 11 is 0. The molecule has 0 saturated carbocycles. The van der Waals surface area contributed by atoms with E-state index in [9.17, 15) is 24.9 Å². The molecule has 0 radical (unpaired) electrons. The number of carboxylic acid groups (broad SMARTS) is 1. The quantitative estimate of drug-likeness (QED) is 0.287. The van der Waals surface area contributed by atoms with E-state index in [1.54, 1.807) is 13.0 Å². The fourth-order valence-corrected chi connectivity index (χ4v) is 5.16. The van der Waals surface area contributed by atoms with Gasteiger partial charge in [-0.3, -0.25) is 9.59 Å². The van der Waals surface area contributed by atoms with Crippen LogP contribution in [-0.4, -0.2) is 84.2 Å². The van der Waals surface area contributed by atoms with Gasteiger partial charge in [0.2, 0.25) is 0 Å². The van der Waals surface area contributed by atoms with E-state index in [4.69, 9.17) is 19.3 Å². The van der Waals surface area contributed by atoms with Crippen LogP contribution < -0.4 is 0 Å². The number of hydrogen-bond donors (Lipinski definition) is 4. The van der Waals surface area contributed by atoms with Crippen molar-refractivity contribution >= 4 is 11.9 Å². The third-order valence-corrected chi connectivity index (χ3v) is 6.84. The zero-order valence-electron chi connectivity index (χ0n) is 20.6. The molecule has 9 nitrogen and oxygen atoms in total. The molecule has 34 heavy (non-hydrogen) atoms. The Labute approximate surface area is 201 Å². The highest BCUT2D eigenvalue weighted by Gasteiger charge is 2.44. The van der Waals surface area contributed by atoms with Crippen LogP contribution in [0.4, 0.5) is 0 Å². The van der Waals surface area contributed by atoms with Gasteiger partial charge in [-0.25, -0.2) is 0 Å². The number of fused-ring (bicyclic) bond motifs is 1. The Balaban J connectivity index is 2.16. The summed E-state index contributed by atoms with van der Waals surface area (Å²) in [6.45, 7) is 4.05. The van der Waals surface area contributed by atoms with Gasteiger partial charge in [0.25, 0.3) is 0 Å². The molecule has 7 atom stereocenters. The molecule has 0 aromatic carbocycles. The van der Waals surface area contributed by atoms with E-state index in [2.05, 4.69) is 13.0 Å². The Kier molecular flexibility index (Phi) is 10.7. The maximum atomic E-state index is 13.1. The number of carbonyl (C=O) groups is 2. The first-order valence-electron chi connectivity index (χ1n) is 11.9. The number of ether oxygens (including phenoxy) is 3.